The fraction of sp³-hybridized carbons (Fsp3) is 0.556. The van der Waals surface area contributed by atoms with E-state index in [9.17, 15) is 0 Å². The molecule has 1 nitrogen and oxygen atoms in total. The van der Waals surface area contributed by atoms with E-state index >= 15 is 0 Å². The van der Waals surface area contributed by atoms with Crippen LogP contribution in [0.25, 0.3) is 0 Å². The molecular weight excluding hydrogens is 122 g/mol. The minimum Gasteiger partial charge on any atom is -0.346 e. The summed E-state index contributed by atoms with van der Waals surface area (Å²) in [7, 11) is 0. The molecule has 1 aliphatic heterocycles. The van der Waals surface area contributed by atoms with Crippen molar-refractivity contribution in [3.8, 4) is 0 Å². The summed E-state index contributed by atoms with van der Waals surface area (Å²) < 4.78 is 2.38. The van der Waals surface area contributed by atoms with Crippen molar-refractivity contribution in [3.63, 3.8) is 0 Å². The third kappa shape index (κ3) is 0.634. The Morgan fingerprint density at radius 3 is 3.00 bits per heavy atom. The van der Waals surface area contributed by atoms with E-state index in [2.05, 4.69) is 36.7 Å². The zero-order valence-corrected chi connectivity index (χ0v) is 6.59. The summed E-state index contributed by atoms with van der Waals surface area (Å²) in [5.74, 6) is 0. The van der Waals surface area contributed by atoms with E-state index in [0.29, 0.717) is 5.54 Å². The zero-order chi connectivity index (χ0) is 7.19. The van der Waals surface area contributed by atoms with Crippen molar-refractivity contribution in [2.24, 2.45) is 0 Å². The highest BCUT2D eigenvalue weighted by molar-refractivity contribution is 5.15. The first-order valence-corrected chi connectivity index (χ1v) is 3.87. The van der Waals surface area contributed by atoms with Crippen LogP contribution < -0.4 is 0 Å². The van der Waals surface area contributed by atoms with Gasteiger partial charge in [0.15, 0.2) is 0 Å². The van der Waals surface area contributed by atoms with Crippen LogP contribution >= 0.6 is 0 Å². The molecule has 1 aromatic heterocycles. The molecule has 2 rings (SSSR count). The number of rotatable bonds is 0. The van der Waals surface area contributed by atoms with Gasteiger partial charge in [-0.15, -0.1) is 0 Å². The number of aryl methyl sites for hydroxylation is 1. The van der Waals surface area contributed by atoms with Crippen molar-refractivity contribution in [3.05, 3.63) is 24.0 Å². The maximum atomic E-state index is 2.38. The molecule has 0 radical (unpaired) electrons. The average Bonchev–Trinajstić information content (AvgIpc) is 2.36. The lowest BCUT2D eigenvalue weighted by Crippen LogP contribution is -2.19. The molecule has 10 heavy (non-hydrogen) atoms. The molecule has 54 valence electrons. The van der Waals surface area contributed by atoms with Crippen LogP contribution in [0.4, 0.5) is 0 Å². The van der Waals surface area contributed by atoms with Gasteiger partial charge in [-0.25, -0.2) is 0 Å². The molecule has 1 aliphatic rings. The Labute approximate surface area is 61.7 Å². The summed E-state index contributed by atoms with van der Waals surface area (Å²) in [6.45, 7) is 4.59. The van der Waals surface area contributed by atoms with Crippen molar-refractivity contribution < 1.29 is 0 Å². The summed E-state index contributed by atoms with van der Waals surface area (Å²) in [5.41, 5.74) is 1.86. The second kappa shape index (κ2) is 1.66. The van der Waals surface area contributed by atoms with Crippen LogP contribution in [-0.2, 0) is 12.0 Å². The lowest BCUT2D eigenvalue weighted by atomic mass is 10.0. The minimum absolute atomic E-state index is 0.374. The Kier molecular flexibility index (Phi) is 0.997. The average molecular weight is 135 g/mol. The molecule has 0 unspecified atom stereocenters. The summed E-state index contributed by atoms with van der Waals surface area (Å²) in [5, 5.41) is 0. The van der Waals surface area contributed by atoms with Crippen LogP contribution in [0.3, 0.4) is 0 Å². The second-order valence-electron chi connectivity index (χ2n) is 3.68. The zero-order valence-electron chi connectivity index (χ0n) is 6.59. The Hall–Kier alpha value is -0.720. The topological polar surface area (TPSA) is 4.93 Å². The molecule has 2 heterocycles. The fourth-order valence-electron chi connectivity index (χ4n) is 1.76. The van der Waals surface area contributed by atoms with Crippen LogP contribution in [-0.4, -0.2) is 4.57 Å². The molecule has 1 heteroatoms. The molecule has 0 bridgehead atoms. The van der Waals surface area contributed by atoms with Crippen molar-refractivity contribution in [2.75, 3.05) is 0 Å². The van der Waals surface area contributed by atoms with Gasteiger partial charge in [-0.2, -0.15) is 0 Å². The molecule has 0 N–H and O–H groups in total. The van der Waals surface area contributed by atoms with Crippen molar-refractivity contribution >= 4 is 0 Å². The van der Waals surface area contributed by atoms with E-state index in [1.54, 1.807) is 0 Å². The van der Waals surface area contributed by atoms with E-state index in [1.807, 2.05) is 0 Å². The van der Waals surface area contributed by atoms with E-state index in [-0.39, 0.29) is 0 Å². The molecule has 0 amide bonds. The summed E-state index contributed by atoms with van der Waals surface area (Å²) >= 11 is 0. The third-order valence-corrected chi connectivity index (χ3v) is 2.48. The monoisotopic (exact) mass is 135 g/mol. The highest BCUT2D eigenvalue weighted by Crippen LogP contribution is 2.30. The Morgan fingerprint density at radius 1 is 1.50 bits per heavy atom. The van der Waals surface area contributed by atoms with Gasteiger partial charge in [0.25, 0.3) is 0 Å². The molecule has 0 saturated heterocycles. The van der Waals surface area contributed by atoms with E-state index in [0.717, 1.165) is 0 Å². The molecule has 0 aliphatic carbocycles. The standard InChI is InChI=1S/C9H13N/c1-9(2)6-5-8-4-3-7-10(8)9/h3-4,7H,5-6H2,1-2H3. The largest absolute Gasteiger partial charge is 0.346 e. The molecular formula is C9H13N. The van der Waals surface area contributed by atoms with E-state index in [4.69, 9.17) is 0 Å². The number of fused-ring (bicyclic) bond motifs is 1. The number of aromatic nitrogens is 1. The number of hydrogen-bond donors (Lipinski definition) is 0. The van der Waals surface area contributed by atoms with Crippen molar-refractivity contribution in [1.82, 2.24) is 4.57 Å². The van der Waals surface area contributed by atoms with Gasteiger partial charge in [0.2, 0.25) is 0 Å². The second-order valence-corrected chi connectivity index (χ2v) is 3.68. The lowest BCUT2D eigenvalue weighted by Gasteiger charge is -2.20. The quantitative estimate of drug-likeness (QED) is 0.513. The Morgan fingerprint density at radius 2 is 2.30 bits per heavy atom. The van der Waals surface area contributed by atoms with Crippen molar-refractivity contribution in [1.29, 1.82) is 0 Å². The van der Waals surface area contributed by atoms with Gasteiger partial charge in [0.1, 0.15) is 0 Å². The third-order valence-electron chi connectivity index (χ3n) is 2.48. The highest BCUT2D eigenvalue weighted by atomic mass is 15.1. The number of nitrogens with zero attached hydrogens (tertiary/aromatic N) is 1. The first-order chi connectivity index (χ1) is 4.70. The highest BCUT2D eigenvalue weighted by Gasteiger charge is 2.27. The Balaban J connectivity index is 2.54. The smallest absolute Gasteiger partial charge is 0.0390 e. The predicted octanol–water partition coefficient (Wildman–Crippen LogP) is 2.17. The molecule has 0 spiro atoms. The van der Waals surface area contributed by atoms with Gasteiger partial charge in [-0.3, -0.25) is 0 Å². The van der Waals surface area contributed by atoms with Gasteiger partial charge >= 0.3 is 0 Å². The molecule has 0 atom stereocenters. The van der Waals surface area contributed by atoms with Crippen LogP contribution in [0.2, 0.25) is 0 Å². The van der Waals surface area contributed by atoms with E-state index < -0.39 is 0 Å². The van der Waals surface area contributed by atoms with Crippen LogP contribution in [0.5, 0.6) is 0 Å². The van der Waals surface area contributed by atoms with Crippen LogP contribution in [0.1, 0.15) is 26.0 Å². The minimum atomic E-state index is 0.374. The summed E-state index contributed by atoms with van der Waals surface area (Å²) in [4.78, 5) is 0. The normalized spacial score (nSPS) is 21.0. The van der Waals surface area contributed by atoms with Crippen LogP contribution in [0.15, 0.2) is 18.3 Å². The lowest BCUT2D eigenvalue weighted by molar-refractivity contribution is 0.376. The molecule has 1 aromatic rings. The molecule has 0 saturated carbocycles. The Bertz CT molecular complexity index is 245. The van der Waals surface area contributed by atoms with Gasteiger partial charge in [0.05, 0.1) is 0 Å². The predicted molar refractivity (Wildman–Crippen MR) is 42.1 cm³/mol. The molecule has 0 fully saturated rings. The maximum absolute atomic E-state index is 2.38. The van der Waals surface area contributed by atoms with Crippen molar-refractivity contribution in [2.45, 2.75) is 32.2 Å². The van der Waals surface area contributed by atoms with Gasteiger partial charge in [-0.1, -0.05) is 0 Å². The maximum Gasteiger partial charge on any atom is 0.0390 e. The summed E-state index contributed by atoms with van der Waals surface area (Å²) in [6, 6.07) is 4.35. The van der Waals surface area contributed by atoms with Gasteiger partial charge in [0, 0.05) is 17.4 Å². The SMILES string of the molecule is CC1(C)CCc2cccn21. The first kappa shape index (κ1) is 6.02. The van der Waals surface area contributed by atoms with Crippen LogP contribution in [0, 0.1) is 0 Å². The summed E-state index contributed by atoms with van der Waals surface area (Å²) in [6.07, 6.45) is 4.73. The van der Waals surface area contributed by atoms with Gasteiger partial charge < -0.3 is 4.57 Å². The molecule has 0 aromatic carbocycles. The van der Waals surface area contributed by atoms with E-state index in [1.165, 1.54) is 18.5 Å². The first-order valence-electron chi connectivity index (χ1n) is 3.87. The van der Waals surface area contributed by atoms with Gasteiger partial charge in [-0.05, 0) is 38.8 Å². The number of hydrogen-bond acceptors (Lipinski definition) is 0. The fourth-order valence-corrected chi connectivity index (χ4v) is 1.76.